The molecule has 3 rings (SSSR count). The highest BCUT2D eigenvalue weighted by atomic mass is 19.1. The summed E-state index contributed by atoms with van der Waals surface area (Å²) in [7, 11) is 0. The number of halogens is 2. The zero-order valence-electron chi connectivity index (χ0n) is 15.0. The van der Waals surface area contributed by atoms with Crippen molar-refractivity contribution in [3.8, 4) is 0 Å². The molecule has 2 aromatic carbocycles. The fourth-order valence-corrected chi connectivity index (χ4v) is 3.05. The Kier molecular flexibility index (Phi) is 5.98. The SMILES string of the molecule is O=C(NNC(=O)C1CCN(C(=O)c2ccc(F)cc2)CC1)c1ccccc1F. The summed E-state index contributed by atoms with van der Waals surface area (Å²) in [5.74, 6) is -2.81. The van der Waals surface area contributed by atoms with Gasteiger partial charge < -0.3 is 4.90 Å². The van der Waals surface area contributed by atoms with Crippen LogP contribution in [0.4, 0.5) is 8.78 Å². The lowest BCUT2D eigenvalue weighted by Gasteiger charge is -2.31. The number of likely N-dealkylation sites (tertiary alicyclic amines) is 1. The lowest BCUT2D eigenvalue weighted by atomic mass is 9.95. The third kappa shape index (κ3) is 4.51. The van der Waals surface area contributed by atoms with Crippen molar-refractivity contribution in [2.24, 2.45) is 5.92 Å². The van der Waals surface area contributed by atoms with Crippen molar-refractivity contribution in [1.29, 1.82) is 0 Å². The highest BCUT2D eigenvalue weighted by Gasteiger charge is 2.28. The standard InChI is InChI=1S/C20H19F2N3O3/c21-15-7-5-14(6-8-15)20(28)25-11-9-13(10-12-25)18(26)23-24-19(27)16-3-1-2-4-17(16)22/h1-8,13H,9-12H2,(H,23,26)(H,24,27). The van der Waals surface area contributed by atoms with Crippen molar-refractivity contribution in [1.82, 2.24) is 15.8 Å². The number of piperidine rings is 1. The summed E-state index contributed by atoms with van der Waals surface area (Å²) < 4.78 is 26.5. The summed E-state index contributed by atoms with van der Waals surface area (Å²) in [5.41, 5.74) is 4.74. The number of nitrogens with one attached hydrogen (secondary N) is 2. The first kappa shape index (κ1) is 19.5. The quantitative estimate of drug-likeness (QED) is 0.794. The van der Waals surface area contributed by atoms with E-state index in [2.05, 4.69) is 10.9 Å². The van der Waals surface area contributed by atoms with Gasteiger partial charge in [0.2, 0.25) is 5.91 Å². The molecule has 6 nitrogen and oxygen atoms in total. The Labute approximate surface area is 160 Å². The Morgan fingerprint density at radius 1 is 0.893 bits per heavy atom. The van der Waals surface area contributed by atoms with Crippen LogP contribution in [-0.2, 0) is 4.79 Å². The van der Waals surface area contributed by atoms with E-state index >= 15 is 0 Å². The smallest absolute Gasteiger partial charge is 0.272 e. The Morgan fingerprint density at radius 3 is 2.18 bits per heavy atom. The van der Waals surface area contributed by atoms with Gasteiger partial charge in [-0.25, -0.2) is 8.78 Å². The fraction of sp³-hybridized carbons (Fsp3) is 0.250. The minimum Gasteiger partial charge on any atom is -0.339 e. The summed E-state index contributed by atoms with van der Waals surface area (Å²) in [4.78, 5) is 38.2. The fourth-order valence-electron chi connectivity index (χ4n) is 3.05. The van der Waals surface area contributed by atoms with Gasteiger partial charge in [-0.3, -0.25) is 25.2 Å². The van der Waals surface area contributed by atoms with Crippen molar-refractivity contribution >= 4 is 17.7 Å². The monoisotopic (exact) mass is 387 g/mol. The molecule has 0 spiro atoms. The molecule has 0 aromatic heterocycles. The van der Waals surface area contributed by atoms with E-state index in [-0.39, 0.29) is 17.4 Å². The van der Waals surface area contributed by atoms with Crippen LogP contribution >= 0.6 is 0 Å². The van der Waals surface area contributed by atoms with Crippen LogP contribution in [0.5, 0.6) is 0 Å². The van der Waals surface area contributed by atoms with Gasteiger partial charge in [0.15, 0.2) is 0 Å². The lowest BCUT2D eigenvalue weighted by molar-refractivity contribution is -0.127. The van der Waals surface area contributed by atoms with Gasteiger partial charge in [0, 0.05) is 24.6 Å². The van der Waals surface area contributed by atoms with E-state index in [0.29, 0.717) is 31.5 Å². The number of hydrazine groups is 1. The maximum Gasteiger partial charge on any atom is 0.272 e. The highest BCUT2D eigenvalue weighted by molar-refractivity contribution is 5.96. The van der Waals surface area contributed by atoms with Gasteiger partial charge >= 0.3 is 0 Å². The van der Waals surface area contributed by atoms with E-state index in [9.17, 15) is 23.2 Å². The van der Waals surface area contributed by atoms with Crippen LogP contribution in [0.25, 0.3) is 0 Å². The molecule has 0 bridgehead atoms. The molecule has 0 unspecified atom stereocenters. The molecule has 0 radical (unpaired) electrons. The first-order valence-corrected chi connectivity index (χ1v) is 8.85. The first-order valence-electron chi connectivity index (χ1n) is 8.85. The molecule has 1 heterocycles. The van der Waals surface area contributed by atoms with Crippen molar-refractivity contribution in [2.45, 2.75) is 12.8 Å². The average Bonchev–Trinajstić information content (AvgIpc) is 2.72. The second-order valence-corrected chi connectivity index (χ2v) is 6.50. The summed E-state index contributed by atoms with van der Waals surface area (Å²) in [6.07, 6.45) is 0.850. The van der Waals surface area contributed by atoms with Crippen LogP contribution in [0.15, 0.2) is 48.5 Å². The normalized spacial score (nSPS) is 14.4. The van der Waals surface area contributed by atoms with E-state index in [0.717, 1.165) is 6.07 Å². The van der Waals surface area contributed by atoms with Gasteiger partial charge in [0.05, 0.1) is 5.56 Å². The second kappa shape index (κ2) is 8.60. The number of hydrogen-bond donors (Lipinski definition) is 2. The summed E-state index contributed by atoms with van der Waals surface area (Å²) in [5, 5.41) is 0. The number of rotatable bonds is 3. The van der Waals surface area contributed by atoms with Crippen LogP contribution in [0.3, 0.4) is 0 Å². The van der Waals surface area contributed by atoms with E-state index < -0.39 is 23.4 Å². The maximum atomic E-state index is 13.6. The Hall–Kier alpha value is -3.29. The van der Waals surface area contributed by atoms with E-state index in [1.54, 1.807) is 4.90 Å². The van der Waals surface area contributed by atoms with E-state index in [1.807, 2.05) is 0 Å². The average molecular weight is 387 g/mol. The topological polar surface area (TPSA) is 78.5 Å². The van der Waals surface area contributed by atoms with Crippen LogP contribution in [0.1, 0.15) is 33.6 Å². The Bertz CT molecular complexity index is 879. The number of amides is 3. The molecule has 0 aliphatic carbocycles. The molecule has 146 valence electrons. The molecule has 1 aliphatic heterocycles. The molecule has 1 fully saturated rings. The largest absolute Gasteiger partial charge is 0.339 e. The lowest BCUT2D eigenvalue weighted by Crippen LogP contribution is -2.48. The highest BCUT2D eigenvalue weighted by Crippen LogP contribution is 2.19. The van der Waals surface area contributed by atoms with Gasteiger partial charge in [0.1, 0.15) is 11.6 Å². The number of benzene rings is 2. The molecule has 1 aliphatic rings. The second-order valence-electron chi connectivity index (χ2n) is 6.50. The van der Waals surface area contributed by atoms with Crippen LogP contribution in [0.2, 0.25) is 0 Å². The molecular formula is C20H19F2N3O3. The zero-order chi connectivity index (χ0) is 20.1. The van der Waals surface area contributed by atoms with Crippen LogP contribution in [0, 0.1) is 17.6 Å². The molecule has 2 aromatic rings. The first-order chi connectivity index (χ1) is 13.5. The van der Waals surface area contributed by atoms with Crippen molar-refractivity contribution in [2.75, 3.05) is 13.1 Å². The number of hydrogen-bond acceptors (Lipinski definition) is 3. The van der Waals surface area contributed by atoms with E-state index in [1.165, 1.54) is 42.5 Å². The van der Waals surface area contributed by atoms with E-state index in [4.69, 9.17) is 0 Å². The van der Waals surface area contributed by atoms with Gasteiger partial charge in [-0.15, -0.1) is 0 Å². The molecule has 0 atom stereocenters. The molecule has 1 saturated heterocycles. The van der Waals surface area contributed by atoms with Gasteiger partial charge in [-0.2, -0.15) is 0 Å². The molecular weight excluding hydrogens is 368 g/mol. The van der Waals surface area contributed by atoms with Crippen molar-refractivity contribution < 1.29 is 23.2 Å². The van der Waals surface area contributed by atoms with Crippen LogP contribution in [-0.4, -0.2) is 35.7 Å². The number of nitrogens with zero attached hydrogens (tertiary/aromatic N) is 1. The number of carbonyl (C=O) groups is 3. The third-order valence-corrected chi connectivity index (χ3v) is 4.66. The van der Waals surface area contributed by atoms with Gasteiger partial charge in [-0.1, -0.05) is 12.1 Å². The predicted molar refractivity (Wildman–Crippen MR) is 97.0 cm³/mol. The Balaban J connectivity index is 1.48. The predicted octanol–water partition coefficient (Wildman–Crippen LogP) is 2.28. The Morgan fingerprint density at radius 2 is 1.54 bits per heavy atom. The van der Waals surface area contributed by atoms with Gasteiger partial charge in [-0.05, 0) is 49.2 Å². The molecule has 2 N–H and O–H groups in total. The molecule has 8 heteroatoms. The van der Waals surface area contributed by atoms with Crippen molar-refractivity contribution in [3.05, 3.63) is 71.3 Å². The summed E-state index contributed by atoms with van der Waals surface area (Å²) >= 11 is 0. The summed E-state index contributed by atoms with van der Waals surface area (Å²) in [6.45, 7) is 0.741. The van der Waals surface area contributed by atoms with Crippen molar-refractivity contribution in [3.63, 3.8) is 0 Å². The maximum absolute atomic E-state index is 13.6. The third-order valence-electron chi connectivity index (χ3n) is 4.66. The van der Waals surface area contributed by atoms with Gasteiger partial charge in [0.25, 0.3) is 11.8 Å². The minimum absolute atomic E-state index is 0.164. The number of carbonyl (C=O) groups excluding carboxylic acids is 3. The summed E-state index contributed by atoms with van der Waals surface area (Å²) in [6, 6.07) is 10.8. The minimum atomic E-state index is -0.740. The molecule has 3 amide bonds. The molecule has 28 heavy (non-hydrogen) atoms. The van der Waals surface area contributed by atoms with Crippen LogP contribution < -0.4 is 10.9 Å². The molecule has 0 saturated carbocycles. The zero-order valence-corrected chi connectivity index (χ0v) is 15.0.